The summed E-state index contributed by atoms with van der Waals surface area (Å²) in [4.78, 5) is 0. The first-order chi connectivity index (χ1) is 9.01. The Bertz CT molecular complexity index is 404. The van der Waals surface area contributed by atoms with Crippen LogP contribution in [0, 0.1) is 0 Å². The number of allylic oxidation sites excluding steroid dienone is 1. The average Bonchev–Trinajstić information content (AvgIpc) is 2.45. The lowest BCUT2D eigenvalue weighted by Crippen LogP contribution is -2.41. The van der Waals surface area contributed by atoms with Gasteiger partial charge in [0.25, 0.3) is 0 Å². The Balaban J connectivity index is 2.57. The lowest BCUT2D eigenvalue weighted by Gasteiger charge is -2.26. The molecule has 0 heterocycles. The van der Waals surface area contributed by atoms with Gasteiger partial charge in [0, 0.05) is 22.0 Å². The van der Waals surface area contributed by atoms with Gasteiger partial charge < -0.3 is 0 Å². The minimum atomic E-state index is -0.103. The summed E-state index contributed by atoms with van der Waals surface area (Å²) >= 11 is 9.76. The van der Waals surface area contributed by atoms with Crippen molar-refractivity contribution in [2.24, 2.45) is 0 Å². The van der Waals surface area contributed by atoms with Crippen LogP contribution in [-0.4, -0.2) is 28.3 Å². The molecule has 2 nitrogen and oxygen atoms in total. The van der Waals surface area contributed by atoms with Crippen LogP contribution in [0.15, 0.2) is 41.0 Å². The number of quaternary nitrogens is 1. The third-order valence-electron chi connectivity index (χ3n) is 3.31. The second-order valence-corrected chi connectivity index (χ2v) is 5.96. The SMILES string of the molecule is CC[N+](O)(CC)/C(Br)=C/C(Cl)CCc1ccccc1. The Labute approximate surface area is 129 Å². The molecule has 0 spiro atoms. The van der Waals surface area contributed by atoms with Crippen molar-refractivity contribution >= 4 is 27.5 Å². The molecule has 0 aromatic heterocycles. The van der Waals surface area contributed by atoms with E-state index < -0.39 is 0 Å². The number of nitrogens with zero attached hydrogens (tertiary/aromatic N) is 1. The lowest BCUT2D eigenvalue weighted by atomic mass is 10.1. The van der Waals surface area contributed by atoms with Crippen LogP contribution in [-0.2, 0) is 6.42 Å². The average molecular weight is 348 g/mol. The van der Waals surface area contributed by atoms with Crippen LogP contribution in [0.5, 0.6) is 0 Å². The van der Waals surface area contributed by atoms with Crippen LogP contribution in [0.3, 0.4) is 0 Å². The first-order valence-electron chi connectivity index (χ1n) is 6.67. The van der Waals surface area contributed by atoms with E-state index in [0.29, 0.717) is 13.1 Å². The van der Waals surface area contributed by atoms with Gasteiger partial charge in [0.1, 0.15) is 13.1 Å². The maximum Gasteiger partial charge on any atom is 0.205 e. The Kier molecular flexibility index (Phi) is 7.08. The molecule has 1 N–H and O–H groups in total. The van der Waals surface area contributed by atoms with Gasteiger partial charge in [-0.25, -0.2) is 5.21 Å². The van der Waals surface area contributed by atoms with E-state index in [-0.39, 0.29) is 10.0 Å². The lowest BCUT2D eigenvalue weighted by molar-refractivity contribution is -1.06. The van der Waals surface area contributed by atoms with E-state index in [9.17, 15) is 5.21 Å². The standard InChI is InChI=1S/C15H22BrClNO/c1-3-18(19,4-2)15(16)12-14(17)11-10-13-8-6-5-7-9-13/h5-9,12,14,19H,3-4,10-11H2,1-2H3/q+1/b15-12+. The van der Waals surface area contributed by atoms with Gasteiger partial charge in [-0.1, -0.05) is 30.3 Å². The molecular formula is C15H22BrClNO+. The van der Waals surface area contributed by atoms with E-state index in [1.54, 1.807) is 0 Å². The number of rotatable bonds is 7. The van der Waals surface area contributed by atoms with Crippen LogP contribution in [0.4, 0.5) is 0 Å². The van der Waals surface area contributed by atoms with Crippen molar-refractivity contribution in [2.75, 3.05) is 13.1 Å². The molecule has 19 heavy (non-hydrogen) atoms. The summed E-state index contributed by atoms with van der Waals surface area (Å²) in [5, 5.41) is 10.2. The molecule has 0 saturated heterocycles. The Morgan fingerprint density at radius 3 is 2.42 bits per heavy atom. The summed E-state index contributed by atoms with van der Waals surface area (Å²) in [6.45, 7) is 5.14. The van der Waals surface area contributed by atoms with Crippen molar-refractivity contribution in [3.05, 3.63) is 46.6 Å². The van der Waals surface area contributed by atoms with Crippen LogP contribution in [0.1, 0.15) is 25.8 Å². The number of benzene rings is 1. The molecule has 0 aliphatic carbocycles. The number of alkyl halides is 1. The molecule has 0 aliphatic heterocycles. The zero-order valence-corrected chi connectivity index (χ0v) is 13.9. The van der Waals surface area contributed by atoms with Gasteiger partial charge in [-0.3, -0.25) is 0 Å². The third-order valence-corrected chi connectivity index (χ3v) is 4.58. The van der Waals surface area contributed by atoms with Gasteiger partial charge in [-0.15, -0.1) is 16.2 Å². The largest absolute Gasteiger partial charge is 0.211 e. The van der Waals surface area contributed by atoms with E-state index in [1.807, 2.05) is 38.1 Å². The maximum absolute atomic E-state index is 10.3. The highest BCUT2D eigenvalue weighted by Gasteiger charge is 2.26. The summed E-state index contributed by atoms with van der Waals surface area (Å²) < 4.78 is 0.639. The highest BCUT2D eigenvalue weighted by atomic mass is 79.9. The summed E-state index contributed by atoms with van der Waals surface area (Å²) in [7, 11) is 0. The fourth-order valence-corrected chi connectivity index (χ4v) is 3.05. The molecule has 0 aliphatic rings. The van der Waals surface area contributed by atoms with Gasteiger partial charge in [0.15, 0.2) is 0 Å². The molecule has 0 fully saturated rings. The third kappa shape index (κ3) is 5.27. The molecule has 4 heteroatoms. The molecule has 1 rings (SSSR count). The number of aryl methyl sites for hydroxylation is 1. The summed E-state index contributed by atoms with van der Waals surface area (Å²) in [5.41, 5.74) is 1.29. The quantitative estimate of drug-likeness (QED) is 0.328. The van der Waals surface area contributed by atoms with Gasteiger partial charge in [0.2, 0.25) is 4.61 Å². The second-order valence-electron chi connectivity index (χ2n) is 4.58. The van der Waals surface area contributed by atoms with Crippen LogP contribution >= 0.6 is 27.5 Å². The van der Waals surface area contributed by atoms with E-state index in [4.69, 9.17) is 11.6 Å². The van der Waals surface area contributed by atoms with Crippen molar-refractivity contribution in [1.29, 1.82) is 0 Å². The first kappa shape index (κ1) is 16.7. The van der Waals surface area contributed by atoms with E-state index in [2.05, 4.69) is 28.1 Å². The smallest absolute Gasteiger partial charge is 0.205 e. The topological polar surface area (TPSA) is 20.2 Å². The molecule has 1 aromatic carbocycles. The Morgan fingerprint density at radius 2 is 1.89 bits per heavy atom. The van der Waals surface area contributed by atoms with Crippen LogP contribution in [0.2, 0.25) is 0 Å². The highest BCUT2D eigenvalue weighted by Crippen LogP contribution is 2.23. The molecule has 0 radical (unpaired) electrons. The van der Waals surface area contributed by atoms with Crippen molar-refractivity contribution in [3.63, 3.8) is 0 Å². The number of hydrogen-bond acceptors (Lipinski definition) is 1. The summed E-state index contributed by atoms with van der Waals surface area (Å²) in [6.07, 6.45) is 3.70. The molecule has 0 bridgehead atoms. The molecule has 106 valence electrons. The van der Waals surface area contributed by atoms with E-state index >= 15 is 0 Å². The van der Waals surface area contributed by atoms with Gasteiger partial charge in [0.05, 0.1) is 5.38 Å². The second kappa shape index (κ2) is 8.05. The maximum atomic E-state index is 10.3. The Hall–Kier alpha value is -0.350. The van der Waals surface area contributed by atoms with E-state index in [0.717, 1.165) is 17.4 Å². The molecule has 1 atom stereocenters. The van der Waals surface area contributed by atoms with E-state index in [1.165, 1.54) is 5.56 Å². The first-order valence-corrected chi connectivity index (χ1v) is 7.90. The van der Waals surface area contributed by atoms with Crippen molar-refractivity contribution in [1.82, 2.24) is 0 Å². The van der Waals surface area contributed by atoms with Crippen molar-refractivity contribution in [2.45, 2.75) is 32.1 Å². The molecular weight excluding hydrogens is 326 g/mol. The summed E-state index contributed by atoms with van der Waals surface area (Å²) in [6, 6.07) is 10.3. The zero-order valence-electron chi connectivity index (χ0n) is 11.5. The minimum absolute atomic E-state index is 0.0858. The van der Waals surface area contributed by atoms with Crippen LogP contribution < -0.4 is 0 Å². The monoisotopic (exact) mass is 346 g/mol. The van der Waals surface area contributed by atoms with Crippen molar-refractivity contribution in [3.8, 4) is 0 Å². The summed E-state index contributed by atoms with van der Waals surface area (Å²) in [5.74, 6) is 0. The number of halogens is 2. The zero-order chi connectivity index (χ0) is 14.3. The molecule has 0 saturated carbocycles. The molecule has 1 unspecified atom stereocenters. The van der Waals surface area contributed by atoms with Crippen LogP contribution in [0.25, 0.3) is 0 Å². The molecule has 0 amide bonds. The van der Waals surface area contributed by atoms with Crippen molar-refractivity contribution < 1.29 is 9.85 Å². The Morgan fingerprint density at radius 1 is 1.32 bits per heavy atom. The van der Waals surface area contributed by atoms with Gasteiger partial charge in [-0.05, 0) is 32.3 Å². The van der Waals surface area contributed by atoms with Gasteiger partial charge in [-0.2, -0.15) is 0 Å². The highest BCUT2D eigenvalue weighted by molar-refractivity contribution is 9.11. The minimum Gasteiger partial charge on any atom is -0.211 e. The predicted octanol–water partition coefficient (Wildman–Crippen LogP) is 4.71. The number of hydroxylamine groups is 3. The normalized spacial score (nSPS) is 14.5. The fraction of sp³-hybridized carbons (Fsp3) is 0.467. The predicted molar refractivity (Wildman–Crippen MR) is 84.5 cm³/mol. The number of hydrogen-bond donors (Lipinski definition) is 1. The molecule has 1 aromatic rings. The van der Waals surface area contributed by atoms with Gasteiger partial charge >= 0.3 is 0 Å². The fourth-order valence-electron chi connectivity index (χ4n) is 1.85.